The molecule has 0 saturated heterocycles. The Hall–Kier alpha value is -3.29. The Morgan fingerprint density at radius 1 is 1.03 bits per heavy atom. The third-order valence-electron chi connectivity index (χ3n) is 5.09. The number of aromatic nitrogens is 2. The van der Waals surface area contributed by atoms with E-state index in [1.807, 2.05) is 48.5 Å². The molecule has 0 spiro atoms. The molecule has 3 aromatic carbocycles. The Morgan fingerprint density at radius 2 is 1.76 bits per heavy atom. The van der Waals surface area contributed by atoms with Gasteiger partial charge in [0.15, 0.2) is 6.73 Å². The molecule has 4 rings (SSSR count). The zero-order valence-electron chi connectivity index (χ0n) is 18.5. The molecule has 1 heterocycles. The molecule has 0 radical (unpaired) electrons. The van der Waals surface area contributed by atoms with E-state index in [4.69, 9.17) is 21.1 Å². The van der Waals surface area contributed by atoms with Gasteiger partial charge in [0.2, 0.25) is 0 Å². The molecule has 1 aromatic heterocycles. The van der Waals surface area contributed by atoms with Crippen LogP contribution in [0.4, 0.5) is 5.69 Å². The van der Waals surface area contributed by atoms with E-state index < -0.39 is 0 Å². The van der Waals surface area contributed by atoms with Gasteiger partial charge in [0.05, 0.1) is 23.1 Å². The monoisotopic (exact) mass is 539 g/mol. The molecule has 0 bridgehead atoms. The van der Waals surface area contributed by atoms with E-state index in [1.165, 1.54) is 5.56 Å². The number of nitrogens with zero attached hydrogens (tertiary/aromatic N) is 2. The third-order valence-corrected chi connectivity index (χ3v) is 5.88. The molecule has 0 unspecified atom stereocenters. The van der Waals surface area contributed by atoms with Gasteiger partial charge in [0.25, 0.3) is 5.91 Å². The summed E-state index contributed by atoms with van der Waals surface area (Å²) < 4.78 is 14.0. The number of rotatable bonds is 9. The van der Waals surface area contributed by atoms with Gasteiger partial charge in [-0.1, -0.05) is 58.7 Å². The molecule has 1 N–H and O–H groups in total. The van der Waals surface area contributed by atoms with Gasteiger partial charge in [-0.3, -0.25) is 4.79 Å². The molecule has 8 heteroatoms. The van der Waals surface area contributed by atoms with Crippen molar-refractivity contribution in [3.05, 3.63) is 105 Å². The van der Waals surface area contributed by atoms with Crippen molar-refractivity contribution >= 4 is 39.1 Å². The summed E-state index contributed by atoms with van der Waals surface area (Å²) in [5, 5.41) is 7.62. The summed E-state index contributed by atoms with van der Waals surface area (Å²) >= 11 is 9.55. The molecule has 4 aromatic rings. The fourth-order valence-corrected chi connectivity index (χ4v) is 3.90. The van der Waals surface area contributed by atoms with Crippen molar-refractivity contribution in [3.8, 4) is 11.5 Å². The standard InChI is InChI=1S/C26H23BrClN3O3/c1-2-18-5-10-23(11-6-18)34-17-31-15-22(14-29-31)30-26(32)20-7-3-19(4-8-20)16-33-25-12-9-21(27)13-24(25)28/h3-15H,2,16-17H2,1H3,(H,30,32). The SMILES string of the molecule is CCc1ccc(OCn2cc(NC(=O)c3ccc(COc4ccc(Br)cc4Cl)cc3)cn2)cc1. The van der Waals surface area contributed by atoms with Crippen LogP contribution in [0.1, 0.15) is 28.4 Å². The van der Waals surface area contributed by atoms with E-state index in [0.29, 0.717) is 28.6 Å². The quantitative estimate of drug-likeness (QED) is 0.256. The normalized spacial score (nSPS) is 10.7. The Morgan fingerprint density at radius 3 is 2.47 bits per heavy atom. The smallest absolute Gasteiger partial charge is 0.255 e. The van der Waals surface area contributed by atoms with Crippen LogP contribution >= 0.6 is 27.5 Å². The number of ether oxygens (including phenoxy) is 2. The van der Waals surface area contributed by atoms with Gasteiger partial charge in [-0.2, -0.15) is 5.10 Å². The molecular formula is C26H23BrClN3O3. The van der Waals surface area contributed by atoms with E-state index in [-0.39, 0.29) is 12.6 Å². The predicted molar refractivity (Wildman–Crippen MR) is 137 cm³/mol. The van der Waals surface area contributed by atoms with E-state index in [0.717, 1.165) is 22.2 Å². The van der Waals surface area contributed by atoms with Crippen LogP contribution in [0.3, 0.4) is 0 Å². The summed E-state index contributed by atoms with van der Waals surface area (Å²) in [5.41, 5.74) is 3.30. The molecule has 34 heavy (non-hydrogen) atoms. The van der Waals surface area contributed by atoms with Gasteiger partial charge in [-0.05, 0) is 60.0 Å². The first-order valence-electron chi connectivity index (χ1n) is 10.7. The number of hydrogen-bond donors (Lipinski definition) is 1. The molecule has 1 amide bonds. The van der Waals surface area contributed by atoms with Gasteiger partial charge >= 0.3 is 0 Å². The Kier molecular flexibility index (Phi) is 7.87. The second-order valence-corrected chi connectivity index (χ2v) is 8.88. The second-order valence-electron chi connectivity index (χ2n) is 7.55. The van der Waals surface area contributed by atoms with E-state index in [2.05, 4.69) is 33.3 Å². The van der Waals surface area contributed by atoms with Crippen molar-refractivity contribution in [1.29, 1.82) is 0 Å². The second kappa shape index (κ2) is 11.2. The molecule has 174 valence electrons. The van der Waals surface area contributed by atoms with Crippen LogP contribution in [-0.2, 0) is 19.8 Å². The minimum Gasteiger partial charge on any atom is -0.487 e. The molecule has 0 atom stereocenters. The number of carbonyl (C=O) groups excluding carboxylic acids is 1. The molecule has 0 saturated carbocycles. The first-order valence-corrected chi connectivity index (χ1v) is 11.9. The zero-order valence-corrected chi connectivity index (χ0v) is 20.8. The maximum Gasteiger partial charge on any atom is 0.255 e. The number of nitrogens with one attached hydrogen (secondary N) is 1. The first-order chi connectivity index (χ1) is 16.5. The summed E-state index contributed by atoms with van der Waals surface area (Å²) in [6, 6.07) is 20.6. The Balaban J connectivity index is 1.28. The van der Waals surface area contributed by atoms with Gasteiger partial charge in [0.1, 0.15) is 18.1 Å². The fraction of sp³-hybridized carbons (Fsp3) is 0.154. The molecule has 0 aliphatic heterocycles. The van der Waals surface area contributed by atoms with Crippen molar-refractivity contribution in [3.63, 3.8) is 0 Å². The maximum atomic E-state index is 12.6. The lowest BCUT2D eigenvalue weighted by molar-refractivity contribution is 0.102. The molecule has 0 aliphatic rings. The Bertz CT molecular complexity index is 1260. The molecule has 0 fully saturated rings. The topological polar surface area (TPSA) is 65.4 Å². The average molecular weight is 541 g/mol. The summed E-state index contributed by atoms with van der Waals surface area (Å²) in [7, 11) is 0. The molecular weight excluding hydrogens is 518 g/mol. The predicted octanol–water partition coefficient (Wildman–Crippen LogP) is 6.73. The van der Waals surface area contributed by atoms with Crippen molar-refractivity contribution in [2.75, 3.05) is 5.32 Å². The average Bonchev–Trinajstić information content (AvgIpc) is 3.30. The summed E-state index contributed by atoms with van der Waals surface area (Å²) in [5.74, 6) is 1.15. The number of amides is 1. The minimum absolute atomic E-state index is 0.223. The highest BCUT2D eigenvalue weighted by molar-refractivity contribution is 9.10. The van der Waals surface area contributed by atoms with E-state index in [1.54, 1.807) is 35.3 Å². The highest BCUT2D eigenvalue weighted by Gasteiger charge is 2.09. The molecule has 6 nitrogen and oxygen atoms in total. The minimum atomic E-state index is -0.223. The van der Waals surface area contributed by atoms with Crippen LogP contribution in [0, 0.1) is 0 Å². The Labute approximate surface area is 211 Å². The van der Waals surface area contributed by atoms with Crippen molar-refractivity contribution in [1.82, 2.24) is 9.78 Å². The summed E-state index contributed by atoms with van der Waals surface area (Å²) in [4.78, 5) is 12.6. The number of halogens is 2. The fourth-order valence-electron chi connectivity index (χ4n) is 3.17. The van der Waals surface area contributed by atoms with Crippen molar-refractivity contribution in [2.45, 2.75) is 26.7 Å². The largest absolute Gasteiger partial charge is 0.487 e. The summed E-state index contributed by atoms with van der Waals surface area (Å²) in [6.07, 6.45) is 4.30. The lowest BCUT2D eigenvalue weighted by Crippen LogP contribution is -2.11. The first kappa shape index (κ1) is 23.9. The zero-order chi connectivity index (χ0) is 23.9. The lowest BCUT2D eigenvalue weighted by Gasteiger charge is -2.09. The van der Waals surface area contributed by atoms with Crippen LogP contribution in [-0.4, -0.2) is 15.7 Å². The number of hydrogen-bond acceptors (Lipinski definition) is 4. The number of anilines is 1. The van der Waals surface area contributed by atoms with Crippen LogP contribution < -0.4 is 14.8 Å². The highest BCUT2D eigenvalue weighted by atomic mass is 79.9. The van der Waals surface area contributed by atoms with E-state index in [9.17, 15) is 4.79 Å². The van der Waals surface area contributed by atoms with E-state index >= 15 is 0 Å². The van der Waals surface area contributed by atoms with Crippen molar-refractivity contribution in [2.24, 2.45) is 0 Å². The van der Waals surface area contributed by atoms with Crippen LogP contribution in [0.5, 0.6) is 11.5 Å². The summed E-state index contributed by atoms with van der Waals surface area (Å²) in [6.45, 7) is 2.70. The van der Waals surface area contributed by atoms with Gasteiger partial charge in [-0.25, -0.2) is 4.68 Å². The van der Waals surface area contributed by atoms with Crippen LogP contribution in [0.2, 0.25) is 5.02 Å². The van der Waals surface area contributed by atoms with Gasteiger partial charge < -0.3 is 14.8 Å². The van der Waals surface area contributed by atoms with Crippen LogP contribution in [0.15, 0.2) is 83.6 Å². The van der Waals surface area contributed by atoms with Crippen LogP contribution in [0.25, 0.3) is 0 Å². The molecule has 0 aliphatic carbocycles. The number of aryl methyl sites for hydroxylation is 1. The number of carbonyl (C=O) groups is 1. The van der Waals surface area contributed by atoms with Gasteiger partial charge in [0, 0.05) is 10.0 Å². The van der Waals surface area contributed by atoms with Gasteiger partial charge in [-0.15, -0.1) is 0 Å². The maximum absolute atomic E-state index is 12.6. The lowest BCUT2D eigenvalue weighted by atomic mass is 10.1. The highest BCUT2D eigenvalue weighted by Crippen LogP contribution is 2.28. The third kappa shape index (κ3) is 6.40. The number of benzene rings is 3. The van der Waals surface area contributed by atoms with Crippen molar-refractivity contribution < 1.29 is 14.3 Å².